The Balaban J connectivity index is 2.03. The minimum atomic E-state index is -3.90. The van der Waals surface area contributed by atoms with Gasteiger partial charge in [0.15, 0.2) is 4.90 Å². The van der Waals surface area contributed by atoms with Gasteiger partial charge in [-0.25, -0.2) is 13.2 Å². The Hall–Kier alpha value is -1.45. The van der Waals surface area contributed by atoms with Crippen LogP contribution in [0.25, 0.3) is 0 Å². The van der Waals surface area contributed by atoms with Crippen molar-refractivity contribution in [1.82, 2.24) is 18.8 Å². The smallest absolute Gasteiger partial charge is 0.310 e. The first-order valence-electron chi connectivity index (χ1n) is 7.33. The van der Waals surface area contributed by atoms with Crippen molar-refractivity contribution >= 4 is 10.0 Å². The summed E-state index contributed by atoms with van der Waals surface area (Å²) in [6.07, 6.45) is 3.88. The molecule has 2 atom stereocenters. The van der Waals surface area contributed by atoms with E-state index in [1.54, 1.807) is 0 Å². The predicted octanol–water partition coefficient (Wildman–Crippen LogP) is -1.40. The largest absolute Gasteiger partial charge is 0.330 e. The lowest BCUT2D eigenvalue weighted by Crippen LogP contribution is -2.44. The summed E-state index contributed by atoms with van der Waals surface area (Å²) in [5.74, 6) is 0. The molecule has 2 fully saturated rings. The molecule has 2 saturated heterocycles. The number of rotatable bonds is 2. The van der Waals surface area contributed by atoms with Crippen LogP contribution in [0.1, 0.15) is 19.3 Å². The van der Waals surface area contributed by atoms with Crippen LogP contribution in [-0.4, -0.2) is 47.0 Å². The average molecular weight is 328 g/mol. The molecule has 1 aromatic rings. The van der Waals surface area contributed by atoms with Crippen LogP contribution in [0.2, 0.25) is 0 Å². The number of fused-ring (bicyclic) bond motifs is 2. The zero-order valence-corrected chi connectivity index (χ0v) is 13.5. The van der Waals surface area contributed by atoms with Gasteiger partial charge in [-0.2, -0.15) is 4.31 Å². The molecule has 122 valence electrons. The van der Waals surface area contributed by atoms with E-state index in [2.05, 4.69) is 5.32 Å². The van der Waals surface area contributed by atoms with Gasteiger partial charge in [-0.15, -0.1) is 0 Å². The van der Waals surface area contributed by atoms with Crippen molar-refractivity contribution in [1.29, 1.82) is 0 Å². The Morgan fingerprint density at radius 1 is 1.14 bits per heavy atom. The highest BCUT2D eigenvalue weighted by Gasteiger charge is 2.36. The fourth-order valence-electron chi connectivity index (χ4n) is 3.22. The van der Waals surface area contributed by atoms with E-state index in [0.717, 1.165) is 34.6 Å². The van der Waals surface area contributed by atoms with Gasteiger partial charge in [0.1, 0.15) is 0 Å². The summed E-state index contributed by atoms with van der Waals surface area (Å²) in [5, 5.41) is 3.41. The van der Waals surface area contributed by atoms with Gasteiger partial charge < -0.3 is 9.88 Å². The molecule has 1 aromatic heterocycles. The number of sulfonamides is 1. The molecule has 0 saturated carbocycles. The van der Waals surface area contributed by atoms with Gasteiger partial charge in [-0.1, -0.05) is 0 Å². The summed E-state index contributed by atoms with van der Waals surface area (Å²) in [6, 6.07) is 0.492. The second-order valence-corrected chi connectivity index (χ2v) is 7.95. The van der Waals surface area contributed by atoms with Crippen LogP contribution in [0, 0.1) is 0 Å². The van der Waals surface area contributed by atoms with E-state index in [1.807, 2.05) is 0 Å². The van der Waals surface area contributed by atoms with Crippen LogP contribution in [0.5, 0.6) is 0 Å². The van der Waals surface area contributed by atoms with Crippen molar-refractivity contribution < 1.29 is 8.42 Å². The van der Waals surface area contributed by atoms with Crippen molar-refractivity contribution in [2.75, 3.05) is 13.1 Å². The molecule has 22 heavy (non-hydrogen) atoms. The maximum atomic E-state index is 12.8. The Labute approximate surface area is 128 Å². The molecule has 0 spiro atoms. The second kappa shape index (κ2) is 5.32. The second-order valence-electron chi connectivity index (χ2n) is 6.04. The molecule has 8 nitrogen and oxygen atoms in total. The Bertz CT molecular complexity index is 810. The van der Waals surface area contributed by atoms with Gasteiger partial charge >= 0.3 is 5.69 Å². The molecule has 2 unspecified atom stereocenters. The first kappa shape index (κ1) is 15.4. The lowest BCUT2D eigenvalue weighted by atomic mass is 10.1. The highest BCUT2D eigenvalue weighted by atomic mass is 32.2. The molecule has 2 bridgehead atoms. The number of aryl methyl sites for hydroxylation is 1. The Kier molecular flexibility index (Phi) is 3.74. The van der Waals surface area contributed by atoms with Crippen LogP contribution in [-0.2, 0) is 24.1 Å². The molecule has 0 aromatic carbocycles. The summed E-state index contributed by atoms with van der Waals surface area (Å²) in [7, 11) is -1.18. The lowest BCUT2D eigenvalue weighted by Gasteiger charge is -2.23. The predicted molar refractivity (Wildman–Crippen MR) is 80.2 cm³/mol. The maximum absolute atomic E-state index is 12.8. The van der Waals surface area contributed by atoms with Gasteiger partial charge in [0.2, 0.25) is 10.0 Å². The normalized spacial score (nSPS) is 26.1. The monoisotopic (exact) mass is 328 g/mol. The minimum absolute atomic E-state index is 0.138. The fourth-order valence-corrected chi connectivity index (χ4v) is 4.87. The summed E-state index contributed by atoms with van der Waals surface area (Å²) < 4.78 is 29.0. The van der Waals surface area contributed by atoms with E-state index < -0.39 is 21.3 Å². The molecule has 2 aliphatic rings. The Morgan fingerprint density at radius 3 is 2.55 bits per heavy atom. The highest BCUT2D eigenvalue weighted by Crippen LogP contribution is 2.23. The SMILES string of the molecule is Cn1cc(S(=O)(=O)N2CCC3CCC(C2)N3)c(=O)n(C)c1=O. The van der Waals surface area contributed by atoms with Crippen LogP contribution in [0.4, 0.5) is 0 Å². The fraction of sp³-hybridized carbons (Fsp3) is 0.692. The first-order chi connectivity index (χ1) is 10.3. The third kappa shape index (κ3) is 2.42. The summed E-state index contributed by atoms with van der Waals surface area (Å²) in [6.45, 7) is 0.757. The third-order valence-corrected chi connectivity index (χ3v) is 6.37. The lowest BCUT2D eigenvalue weighted by molar-refractivity contribution is 0.382. The zero-order valence-electron chi connectivity index (χ0n) is 12.7. The molecule has 1 N–H and O–H groups in total. The molecule has 0 amide bonds. The molecule has 9 heteroatoms. The van der Waals surface area contributed by atoms with Crippen molar-refractivity contribution in [3.8, 4) is 0 Å². The first-order valence-corrected chi connectivity index (χ1v) is 8.77. The van der Waals surface area contributed by atoms with E-state index in [0.29, 0.717) is 19.1 Å². The molecular formula is C13H20N4O4S. The molecule has 3 heterocycles. The minimum Gasteiger partial charge on any atom is -0.310 e. The van der Waals surface area contributed by atoms with E-state index in [1.165, 1.54) is 18.4 Å². The number of hydrogen-bond donors (Lipinski definition) is 1. The summed E-state index contributed by atoms with van der Waals surface area (Å²) in [5.41, 5.74) is -1.31. The van der Waals surface area contributed by atoms with E-state index in [9.17, 15) is 18.0 Å². The average Bonchev–Trinajstić information content (AvgIpc) is 2.79. The molecule has 3 rings (SSSR count). The number of aromatic nitrogens is 2. The van der Waals surface area contributed by atoms with E-state index >= 15 is 0 Å². The number of nitrogens with one attached hydrogen (secondary N) is 1. The van der Waals surface area contributed by atoms with Crippen molar-refractivity contribution in [3.63, 3.8) is 0 Å². The van der Waals surface area contributed by atoms with Crippen molar-refractivity contribution in [3.05, 3.63) is 27.0 Å². The maximum Gasteiger partial charge on any atom is 0.330 e. The highest BCUT2D eigenvalue weighted by molar-refractivity contribution is 7.89. The van der Waals surface area contributed by atoms with Crippen LogP contribution in [0.3, 0.4) is 0 Å². The molecule has 2 aliphatic heterocycles. The van der Waals surface area contributed by atoms with Gasteiger partial charge in [-0.05, 0) is 19.3 Å². The van der Waals surface area contributed by atoms with E-state index in [4.69, 9.17) is 0 Å². The molecule has 0 radical (unpaired) electrons. The van der Waals surface area contributed by atoms with Gasteiger partial charge in [0.05, 0.1) is 0 Å². The van der Waals surface area contributed by atoms with E-state index in [-0.39, 0.29) is 10.9 Å². The standard InChI is InChI=1S/C13H20N4O4S/c1-15-8-11(12(18)16(2)13(15)19)22(20,21)17-6-5-9-3-4-10(7-17)14-9/h8-10,14H,3-7H2,1-2H3. The van der Waals surface area contributed by atoms with Crippen molar-refractivity contribution in [2.24, 2.45) is 14.1 Å². The van der Waals surface area contributed by atoms with Crippen LogP contribution in [0.15, 0.2) is 20.7 Å². The number of nitrogens with zero attached hydrogens (tertiary/aromatic N) is 3. The molecular weight excluding hydrogens is 308 g/mol. The topological polar surface area (TPSA) is 93.4 Å². The van der Waals surface area contributed by atoms with Gasteiger partial charge in [0.25, 0.3) is 5.56 Å². The number of hydrogen-bond acceptors (Lipinski definition) is 5. The summed E-state index contributed by atoms with van der Waals surface area (Å²) >= 11 is 0. The van der Waals surface area contributed by atoms with Crippen LogP contribution < -0.4 is 16.6 Å². The van der Waals surface area contributed by atoms with Crippen molar-refractivity contribution in [2.45, 2.75) is 36.2 Å². The summed E-state index contributed by atoms with van der Waals surface area (Å²) in [4.78, 5) is 23.6. The third-order valence-electron chi connectivity index (χ3n) is 4.52. The quantitative estimate of drug-likeness (QED) is 0.721. The van der Waals surface area contributed by atoms with Crippen LogP contribution >= 0.6 is 0 Å². The van der Waals surface area contributed by atoms with Gasteiger partial charge in [-0.3, -0.25) is 9.36 Å². The van der Waals surface area contributed by atoms with Gasteiger partial charge in [0, 0.05) is 45.5 Å². The zero-order chi connectivity index (χ0) is 16.1. The molecule has 0 aliphatic carbocycles. The Morgan fingerprint density at radius 2 is 1.82 bits per heavy atom.